The number of anilines is 2. The zero-order valence-electron chi connectivity index (χ0n) is 11.5. The van der Waals surface area contributed by atoms with E-state index in [1.807, 2.05) is 6.92 Å². The molecule has 0 aliphatic rings. The van der Waals surface area contributed by atoms with Crippen LogP contribution >= 0.6 is 11.3 Å². The van der Waals surface area contributed by atoms with Crippen LogP contribution in [0.3, 0.4) is 0 Å². The van der Waals surface area contributed by atoms with E-state index in [9.17, 15) is 4.79 Å². The SMILES string of the molecule is C=C/C=C/N=CNc1c(C=O)sc2ncnc(NCC)c12. The van der Waals surface area contributed by atoms with Gasteiger partial charge in [-0.1, -0.05) is 12.7 Å². The van der Waals surface area contributed by atoms with Gasteiger partial charge in [0.05, 0.1) is 22.3 Å². The van der Waals surface area contributed by atoms with Crippen LogP contribution in [0.15, 0.2) is 36.3 Å². The van der Waals surface area contributed by atoms with Gasteiger partial charge >= 0.3 is 0 Å². The Morgan fingerprint density at radius 3 is 3.05 bits per heavy atom. The first-order valence-electron chi connectivity index (χ1n) is 6.34. The van der Waals surface area contributed by atoms with E-state index in [0.717, 1.165) is 23.0 Å². The largest absolute Gasteiger partial charge is 0.370 e. The molecule has 0 atom stereocenters. The summed E-state index contributed by atoms with van der Waals surface area (Å²) < 4.78 is 0. The summed E-state index contributed by atoms with van der Waals surface area (Å²) in [7, 11) is 0. The minimum Gasteiger partial charge on any atom is -0.370 e. The summed E-state index contributed by atoms with van der Waals surface area (Å²) in [4.78, 5) is 25.0. The molecule has 21 heavy (non-hydrogen) atoms. The van der Waals surface area contributed by atoms with Crippen molar-refractivity contribution in [2.45, 2.75) is 6.92 Å². The van der Waals surface area contributed by atoms with Crippen LogP contribution in [0.25, 0.3) is 10.2 Å². The molecular formula is C14H15N5OS. The number of aromatic nitrogens is 2. The third kappa shape index (κ3) is 3.32. The van der Waals surface area contributed by atoms with Gasteiger partial charge < -0.3 is 10.6 Å². The first kappa shape index (κ1) is 14.9. The lowest BCUT2D eigenvalue weighted by Crippen LogP contribution is -2.02. The van der Waals surface area contributed by atoms with Gasteiger partial charge in [0.25, 0.3) is 0 Å². The summed E-state index contributed by atoms with van der Waals surface area (Å²) >= 11 is 1.31. The molecule has 0 fully saturated rings. The third-order valence-electron chi connectivity index (χ3n) is 2.56. The zero-order valence-corrected chi connectivity index (χ0v) is 12.4. The molecule has 7 heteroatoms. The summed E-state index contributed by atoms with van der Waals surface area (Å²) in [5.74, 6) is 0.699. The van der Waals surface area contributed by atoms with E-state index in [2.05, 4.69) is 32.2 Å². The monoisotopic (exact) mass is 301 g/mol. The Morgan fingerprint density at radius 2 is 2.33 bits per heavy atom. The van der Waals surface area contributed by atoms with Crippen molar-refractivity contribution in [2.24, 2.45) is 4.99 Å². The lowest BCUT2D eigenvalue weighted by atomic mass is 10.3. The minimum absolute atomic E-state index is 0.559. The van der Waals surface area contributed by atoms with Crippen molar-refractivity contribution < 1.29 is 4.79 Å². The molecule has 0 saturated carbocycles. The Bertz CT molecular complexity index is 705. The molecule has 0 aromatic carbocycles. The van der Waals surface area contributed by atoms with E-state index < -0.39 is 0 Å². The molecule has 0 bridgehead atoms. The van der Waals surface area contributed by atoms with Crippen molar-refractivity contribution >= 4 is 45.7 Å². The van der Waals surface area contributed by atoms with E-state index >= 15 is 0 Å². The number of allylic oxidation sites excluding steroid dienone is 2. The molecular weight excluding hydrogens is 286 g/mol. The van der Waals surface area contributed by atoms with E-state index in [0.29, 0.717) is 16.4 Å². The summed E-state index contributed by atoms with van der Waals surface area (Å²) in [5, 5.41) is 6.99. The molecule has 2 rings (SSSR count). The van der Waals surface area contributed by atoms with Gasteiger partial charge in [-0.25, -0.2) is 15.0 Å². The van der Waals surface area contributed by atoms with Crippen molar-refractivity contribution in [1.29, 1.82) is 0 Å². The standard InChI is InChI=1S/C14H15N5OS/c1-3-5-6-15-8-17-12-10(7-20)21-14-11(12)13(16-4-2)18-9-19-14/h3,5-9H,1,4H2,2H3,(H,15,17)(H,16,18,19)/b6-5+. The van der Waals surface area contributed by atoms with E-state index in [4.69, 9.17) is 0 Å². The maximum atomic E-state index is 11.2. The Hall–Kier alpha value is -2.54. The Balaban J connectivity index is 2.43. The third-order valence-corrected chi connectivity index (χ3v) is 3.58. The van der Waals surface area contributed by atoms with E-state index in [1.54, 1.807) is 18.4 Å². The first-order valence-corrected chi connectivity index (χ1v) is 7.15. The van der Waals surface area contributed by atoms with Crippen LogP contribution in [0.4, 0.5) is 11.5 Å². The van der Waals surface area contributed by atoms with Crippen LogP contribution in [0.2, 0.25) is 0 Å². The molecule has 0 unspecified atom stereocenters. The van der Waals surface area contributed by atoms with Gasteiger partial charge in [-0.2, -0.15) is 0 Å². The molecule has 108 valence electrons. The highest BCUT2D eigenvalue weighted by Crippen LogP contribution is 2.36. The molecule has 2 heterocycles. The van der Waals surface area contributed by atoms with Gasteiger partial charge in [0.15, 0.2) is 6.29 Å². The summed E-state index contributed by atoms with van der Waals surface area (Å²) in [6.45, 7) is 6.27. The fourth-order valence-corrected chi connectivity index (χ4v) is 2.65. The van der Waals surface area contributed by atoms with Gasteiger partial charge in [0, 0.05) is 12.7 Å². The number of hydrogen-bond donors (Lipinski definition) is 2. The highest BCUT2D eigenvalue weighted by Gasteiger charge is 2.16. The average Bonchev–Trinajstić information content (AvgIpc) is 2.86. The van der Waals surface area contributed by atoms with Crippen molar-refractivity contribution in [3.63, 3.8) is 0 Å². The van der Waals surface area contributed by atoms with Crippen molar-refractivity contribution in [3.05, 3.63) is 36.1 Å². The van der Waals surface area contributed by atoms with Crippen molar-refractivity contribution in [1.82, 2.24) is 9.97 Å². The van der Waals surface area contributed by atoms with Crippen molar-refractivity contribution in [2.75, 3.05) is 17.2 Å². The summed E-state index contributed by atoms with van der Waals surface area (Å²) in [5.41, 5.74) is 0.664. The van der Waals surface area contributed by atoms with Gasteiger partial charge in [-0.15, -0.1) is 11.3 Å². The highest BCUT2D eigenvalue weighted by atomic mass is 32.1. The number of rotatable bonds is 7. The predicted octanol–water partition coefficient (Wildman–Crippen LogP) is 3.08. The Labute approximate surface area is 126 Å². The smallest absolute Gasteiger partial charge is 0.162 e. The topological polar surface area (TPSA) is 79.3 Å². The number of nitrogens with zero attached hydrogens (tertiary/aromatic N) is 3. The number of fused-ring (bicyclic) bond motifs is 1. The van der Waals surface area contributed by atoms with Crippen LogP contribution in [-0.2, 0) is 0 Å². The molecule has 2 aromatic rings. The molecule has 0 aliphatic heterocycles. The Morgan fingerprint density at radius 1 is 1.48 bits per heavy atom. The first-order chi connectivity index (χ1) is 10.3. The van der Waals surface area contributed by atoms with Gasteiger partial charge in [-0.3, -0.25) is 4.79 Å². The van der Waals surface area contributed by atoms with Crippen LogP contribution < -0.4 is 10.6 Å². The van der Waals surface area contributed by atoms with Crippen LogP contribution in [0.1, 0.15) is 16.6 Å². The molecule has 6 nitrogen and oxygen atoms in total. The second-order valence-electron chi connectivity index (χ2n) is 3.89. The number of carbonyl (C=O) groups is 1. The summed E-state index contributed by atoms with van der Waals surface area (Å²) in [6, 6.07) is 0. The molecule has 0 saturated heterocycles. The van der Waals surface area contributed by atoms with Crippen molar-refractivity contribution in [3.8, 4) is 0 Å². The maximum Gasteiger partial charge on any atom is 0.162 e. The molecule has 0 amide bonds. The molecule has 2 aromatic heterocycles. The molecule has 0 aliphatic carbocycles. The predicted molar refractivity (Wildman–Crippen MR) is 88.4 cm³/mol. The lowest BCUT2D eigenvalue weighted by molar-refractivity contribution is 0.112. The number of hydrogen-bond acceptors (Lipinski definition) is 6. The quantitative estimate of drug-likeness (QED) is 0.355. The van der Waals surface area contributed by atoms with Crippen LogP contribution in [-0.4, -0.2) is 29.1 Å². The number of carbonyl (C=O) groups excluding carboxylic acids is 1. The fourth-order valence-electron chi connectivity index (χ4n) is 1.73. The second kappa shape index (κ2) is 7.30. The molecule has 2 N–H and O–H groups in total. The zero-order chi connectivity index (χ0) is 15.1. The fraction of sp³-hybridized carbons (Fsp3) is 0.143. The number of thiophene rings is 1. The number of aliphatic imine (C=N–C) groups is 1. The minimum atomic E-state index is 0.559. The Kier molecular flexibility index (Phi) is 5.16. The average molecular weight is 301 g/mol. The molecule has 0 radical (unpaired) electrons. The van der Waals surface area contributed by atoms with Gasteiger partial charge in [0.1, 0.15) is 17.0 Å². The lowest BCUT2D eigenvalue weighted by Gasteiger charge is -2.05. The second-order valence-corrected chi connectivity index (χ2v) is 4.92. The molecule has 0 spiro atoms. The van der Waals surface area contributed by atoms with Crippen LogP contribution in [0, 0.1) is 0 Å². The normalized spacial score (nSPS) is 11.3. The number of nitrogens with one attached hydrogen (secondary N) is 2. The van der Waals surface area contributed by atoms with Gasteiger partial charge in [-0.05, 0) is 13.0 Å². The van der Waals surface area contributed by atoms with Crippen LogP contribution in [0.5, 0.6) is 0 Å². The number of aldehydes is 1. The van der Waals surface area contributed by atoms with E-state index in [-0.39, 0.29) is 0 Å². The summed E-state index contributed by atoms with van der Waals surface area (Å²) in [6.07, 6.45) is 8.73. The maximum absolute atomic E-state index is 11.2. The van der Waals surface area contributed by atoms with Gasteiger partial charge in [0.2, 0.25) is 0 Å². The highest BCUT2D eigenvalue weighted by molar-refractivity contribution is 7.21. The van der Waals surface area contributed by atoms with E-state index in [1.165, 1.54) is 24.0 Å².